The first-order valence-electron chi connectivity index (χ1n) is 7.09. The van der Waals surface area contributed by atoms with Crippen LogP contribution in [0.4, 0.5) is 0 Å². The van der Waals surface area contributed by atoms with Crippen molar-refractivity contribution in [2.75, 3.05) is 40.3 Å². The number of ether oxygens (including phenoxy) is 1. The molecule has 2 aliphatic heterocycles. The lowest BCUT2D eigenvalue weighted by Crippen LogP contribution is -2.46. The Balaban J connectivity index is 1.81. The molecule has 0 spiro atoms. The Kier molecular flexibility index (Phi) is 4.82. The summed E-state index contributed by atoms with van der Waals surface area (Å²) < 4.78 is 8.21. The number of methoxy groups -OCH3 is 1. The normalized spacial score (nSPS) is 20.5. The maximum Gasteiger partial charge on any atom is 0.137 e. The van der Waals surface area contributed by atoms with E-state index in [1.807, 2.05) is 6.20 Å². The molecule has 4 nitrogen and oxygen atoms in total. The van der Waals surface area contributed by atoms with Gasteiger partial charge in [-0.05, 0) is 25.3 Å². The molecule has 3 rings (SSSR count). The predicted molar refractivity (Wildman–Crippen MR) is 96.0 cm³/mol. The van der Waals surface area contributed by atoms with Crippen LogP contribution in [0.25, 0.3) is 3.58 Å². The maximum absolute atomic E-state index is 5.28. The number of likely N-dealkylation sites (N-methyl/N-ethyl adjacent to an activating group) is 1. The summed E-state index contributed by atoms with van der Waals surface area (Å²) in [6, 6.07) is 2.08. The number of piperazine rings is 1. The smallest absolute Gasteiger partial charge is 0.137 e. The summed E-state index contributed by atoms with van der Waals surface area (Å²) >= 11 is -0.151. The molecule has 0 bridgehead atoms. The standard InChI is InChI=1S/C16H20IN3O/c1-19-6-8-20(9-7-19)16-5-3-4-15(17-16)13-10-14(21-2)12-18-11-13/h3-5,10-12H,6-9H2,1-2H3. The van der Waals surface area contributed by atoms with Gasteiger partial charge in [-0.15, -0.1) is 0 Å². The minimum Gasteiger partial charge on any atom is -0.495 e. The average Bonchev–Trinajstić information content (AvgIpc) is 2.56. The minimum atomic E-state index is -0.151. The van der Waals surface area contributed by atoms with Gasteiger partial charge in [0.05, 0.1) is 16.9 Å². The Morgan fingerprint density at radius 3 is 2.76 bits per heavy atom. The van der Waals surface area contributed by atoms with Crippen LogP contribution in [-0.4, -0.2) is 58.8 Å². The number of hydrogen-bond donors (Lipinski definition) is 0. The SMILES string of the molecule is COc1cncc(C2=CC=CC(N3CCN(C)CC3)=I2)c1. The molecule has 0 radical (unpaired) electrons. The van der Waals surface area contributed by atoms with Crippen LogP contribution in [0.5, 0.6) is 5.75 Å². The fourth-order valence-corrected chi connectivity index (χ4v) is 5.18. The van der Waals surface area contributed by atoms with Gasteiger partial charge in [0.15, 0.2) is 0 Å². The lowest BCUT2D eigenvalue weighted by Gasteiger charge is -2.33. The van der Waals surface area contributed by atoms with Crippen LogP contribution in [0, 0.1) is 0 Å². The number of rotatable bonds is 3. The van der Waals surface area contributed by atoms with Crippen molar-refractivity contribution in [3.05, 3.63) is 42.3 Å². The Morgan fingerprint density at radius 2 is 2.00 bits per heavy atom. The van der Waals surface area contributed by atoms with Gasteiger partial charge in [-0.25, -0.2) is 0 Å². The highest BCUT2D eigenvalue weighted by Gasteiger charge is 2.18. The quantitative estimate of drug-likeness (QED) is 0.733. The molecule has 2 aliphatic rings. The van der Waals surface area contributed by atoms with Crippen molar-refractivity contribution in [2.24, 2.45) is 0 Å². The highest BCUT2D eigenvalue weighted by atomic mass is 127. The van der Waals surface area contributed by atoms with Crippen LogP contribution in [0.15, 0.2) is 36.7 Å². The van der Waals surface area contributed by atoms with Gasteiger partial charge in [0.1, 0.15) is 5.75 Å². The van der Waals surface area contributed by atoms with Crippen LogP contribution in [0.3, 0.4) is 0 Å². The van der Waals surface area contributed by atoms with Gasteiger partial charge in [-0.1, -0.05) is 26.8 Å². The van der Waals surface area contributed by atoms with E-state index in [1.54, 1.807) is 13.3 Å². The van der Waals surface area contributed by atoms with Crippen molar-refractivity contribution in [3.8, 4) is 5.75 Å². The lowest BCUT2D eigenvalue weighted by molar-refractivity contribution is 0.218. The fourth-order valence-electron chi connectivity index (χ4n) is 2.38. The summed E-state index contributed by atoms with van der Waals surface area (Å²) in [6.07, 6.45) is 10.4. The van der Waals surface area contributed by atoms with E-state index in [0.29, 0.717) is 0 Å². The molecule has 0 aromatic carbocycles. The summed E-state index contributed by atoms with van der Waals surface area (Å²) in [5.74, 6) is 0.827. The zero-order valence-corrected chi connectivity index (χ0v) is 14.6. The molecule has 0 amide bonds. The van der Waals surface area contributed by atoms with Gasteiger partial charge in [-0.2, -0.15) is 0 Å². The van der Waals surface area contributed by atoms with E-state index < -0.39 is 0 Å². The van der Waals surface area contributed by atoms with E-state index in [2.05, 4.69) is 46.1 Å². The predicted octanol–water partition coefficient (Wildman–Crippen LogP) is 2.35. The first-order valence-corrected chi connectivity index (χ1v) is 9.25. The summed E-state index contributed by atoms with van der Waals surface area (Å²) in [6.45, 7) is 4.58. The van der Waals surface area contributed by atoms with E-state index in [4.69, 9.17) is 4.74 Å². The number of allylic oxidation sites excluding steroid dienone is 2. The van der Waals surface area contributed by atoms with Crippen LogP contribution in [0.1, 0.15) is 5.56 Å². The van der Waals surface area contributed by atoms with Gasteiger partial charge in [0.25, 0.3) is 0 Å². The van der Waals surface area contributed by atoms with Crippen molar-refractivity contribution >= 4 is 27.9 Å². The maximum atomic E-state index is 5.28. The van der Waals surface area contributed by atoms with Gasteiger partial charge >= 0.3 is 0 Å². The summed E-state index contributed by atoms with van der Waals surface area (Å²) in [7, 11) is 3.88. The van der Waals surface area contributed by atoms with E-state index in [-0.39, 0.29) is 20.7 Å². The molecule has 21 heavy (non-hydrogen) atoms. The molecular weight excluding hydrogens is 377 g/mol. The topological polar surface area (TPSA) is 28.6 Å². The molecule has 1 fully saturated rings. The van der Waals surface area contributed by atoms with Crippen LogP contribution < -0.4 is 4.74 Å². The van der Waals surface area contributed by atoms with Crippen molar-refractivity contribution in [1.29, 1.82) is 0 Å². The summed E-state index contributed by atoms with van der Waals surface area (Å²) in [5, 5.41) is 0. The number of pyridine rings is 1. The first-order chi connectivity index (χ1) is 10.3. The van der Waals surface area contributed by atoms with Crippen molar-refractivity contribution in [2.45, 2.75) is 0 Å². The van der Waals surface area contributed by atoms with E-state index in [0.717, 1.165) is 31.9 Å². The second-order valence-corrected chi connectivity index (χ2v) is 8.00. The third-order valence-electron chi connectivity index (χ3n) is 3.70. The first kappa shape index (κ1) is 14.9. The zero-order valence-electron chi connectivity index (χ0n) is 12.4. The van der Waals surface area contributed by atoms with E-state index in [9.17, 15) is 0 Å². The molecule has 0 atom stereocenters. The minimum absolute atomic E-state index is 0.151. The molecule has 112 valence electrons. The second-order valence-electron chi connectivity index (χ2n) is 5.19. The molecule has 1 aromatic heterocycles. The molecule has 1 saturated heterocycles. The number of hydrogen-bond acceptors (Lipinski definition) is 4. The fraction of sp³-hybridized carbons (Fsp3) is 0.375. The molecule has 0 aliphatic carbocycles. The second kappa shape index (κ2) is 6.81. The Hall–Kier alpha value is -1.05. The van der Waals surface area contributed by atoms with Gasteiger partial charge in [0, 0.05) is 41.5 Å². The highest BCUT2D eigenvalue weighted by Crippen LogP contribution is 2.33. The van der Waals surface area contributed by atoms with Gasteiger partial charge < -0.3 is 9.64 Å². The molecule has 0 unspecified atom stereocenters. The highest BCUT2D eigenvalue weighted by molar-refractivity contribution is 14.2. The largest absolute Gasteiger partial charge is 0.495 e. The van der Waals surface area contributed by atoms with Crippen LogP contribution in [0.2, 0.25) is 0 Å². The van der Waals surface area contributed by atoms with Crippen LogP contribution in [-0.2, 0) is 0 Å². The zero-order chi connectivity index (χ0) is 14.7. The molecule has 3 heterocycles. The summed E-state index contributed by atoms with van der Waals surface area (Å²) in [4.78, 5) is 9.22. The number of halogens is 1. The molecule has 0 saturated carbocycles. The molecule has 0 N–H and O–H groups in total. The molecule has 5 heteroatoms. The average molecular weight is 397 g/mol. The Bertz CT molecular complexity index is 601. The van der Waals surface area contributed by atoms with E-state index >= 15 is 0 Å². The molecule has 1 aromatic rings. The summed E-state index contributed by atoms with van der Waals surface area (Å²) in [5.41, 5.74) is 1.19. The van der Waals surface area contributed by atoms with Crippen molar-refractivity contribution < 1.29 is 4.74 Å². The third-order valence-corrected chi connectivity index (χ3v) is 6.86. The third kappa shape index (κ3) is 3.59. The van der Waals surface area contributed by atoms with Crippen molar-refractivity contribution in [1.82, 2.24) is 14.8 Å². The van der Waals surface area contributed by atoms with Crippen LogP contribution >= 0.6 is 20.7 Å². The number of nitrogens with zero attached hydrogens (tertiary/aromatic N) is 3. The molecular formula is C16H20IN3O. The lowest BCUT2D eigenvalue weighted by atomic mass is 10.2. The van der Waals surface area contributed by atoms with Gasteiger partial charge in [0.2, 0.25) is 0 Å². The van der Waals surface area contributed by atoms with Crippen molar-refractivity contribution in [3.63, 3.8) is 0 Å². The Labute approximate surface area is 135 Å². The Morgan fingerprint density at radius 1 is 1.19 bits per heavy atom. The van der Waals surface area contributed by atoms with E-state index in [1.165, 1.54) is 12.8 Å². The number of aromatic nitrogens is 1. The monoisotopic (exact) mass is 397 g/mol. The van der Waals surface area contributed by atoms with Gasteiger partial charge in [-0.3, -0.25) is 9.88 Å².